The second kappa shape index (κ2) is 6.03. The summed E-state index contributed by atoms with van der Waals surface area (Å²) in [5.41, 5.74) is 0.892. The van der Waals surface area contributed by atoms with Gasteiger partial charge in [-0.25, -0.2) is 4.68 Å². The van der Waals surface area contributed by atoms with E-state index in [9.17, 15) is 4.79 Å². The van der Waals surface area contributed by atoms with Crippen molar-refractivity contribution in [1.29, 1.82) is 0 Å². The number of pyridine rings is 1. The van der Waals surface area contributed by atoms with Crippen molar-refractivity contribution >= 4 is 17.3 Å². The average molecular weight is 275 g/mol. The van der Waals surface area contributed by atoms with Crippen LogP contribution in [0.15, 0.2) is 35.5 Å². The first kappa shape index (κ1) is 13.1. The van der Waals surface area contributed by atoms with Crippen LogP contribution in [0, 0.1) is 12.3 Å². The Kier molecular flexibility index (Phi) is 4.16. The minimum Gasteiger partial charge on any atom is -0.375 e. The van der Waals surface area contributed by atoms with Gasteiger partial charge in [-0.1, -0.05) is 23.6 Å². The molecule has 2 heterocycles. The summed E-state index contributed by atoms with van der Waals surface area (Å²) in [4.78, 5) is 16.0. The normalized spacial score (nSPS) is 9.89. The smallest absolute Gasteiger partial charge is 0.292 e. The Balaban J connectivity index is 2.23. The Labute approximate surface area is 115 Å². The maximum absolute atomic E-state index is 12.0. The van der Waals surface area contributed by atoms with Gasteiger partial charge in [-0.15, -0.1) is 6.42 Å². The SMILES string of the molecule is C#CCn1ncc(Cl)c(NCc2cccnc2)c1=O. The number of anilines is 1. The maximum atomic E-state index is 12.0. The molecule has 0 aliphatic heterocycles. The highest BCUT2D eigenvalue weighted by Gasteiger charge is 2.09. The molecule has 96 valence electrons. The molecule has 2 aromatic heterocycles. The highest BCUT2D eigenvalue weighted by Crippen LogP contribution is 2.15. The molecule has 0 fully saturated rings. The first-order chi connectivity index (χ1) is 9.22. The zero-order chi connectivity index (χ0) is 13.7. The molecule has 2 rings (SSSR count). The minimum atomic E-state index is -0.339. The predicted octanol–water partition coefficient (Wildman–Crippen LogP) is 1.54. The van der Waals surface area contributed by atoms with Crippen LogP contribution in [0.3, 0.4) is 0 Å². The number of halogens is 1. The highest BCUT2D eigenvalue weighted by atomic mass is 35.5. The molecule has 0 bridgehead atoms. The Morgan fingerprint density at radius 2 is 2.32 bits per heavy atom. The van der Waals surface area contributed by atoms with Gasteiger partial charge in [-0.2, -0.15) is 5.10 Å². The number of terminal acetylenes is 1. The number of nitrogens with zero attached hydrogens (tertiary/aromatic N) is 3. The number of hydrogen-bond acceptors (Lipinski definition) is 4. The van der Waals surface area contributed by atoms with E-state index < -0.39 is 0 Å². The zero-order valence-electron chi connectivity index (χ0n) is 10.0. The first-order valence-corrected chi connectivity index (χ1v) is 5.92. The lowest BCUT2D eigenvalue weighted by Gasteiger charge is -2.09. The van der Waals surface area contributed by atoms with E-state index in [1.165, 1.54) is 10.9 Å². The van der Waals surface area contributed by atoms with E-state index in [1.807, 2.05) is 12.1 Å². The van der Waals surface area contributed by atoms with Crippen molar-refractivity contribution in [1.82, 2.24) is 14.8 Å². The molecule has 2 aromatic rings. The van der Waals surface area contributed by atoms with Crippen LogP contribution in [0.2, 0.25) is 5.02 Å². The molecule has 0 unspecified atom stereocenters. The summed E-state index contributed by atoms with van der Waals surface area (Å²) in [5, 5.41) is 7.11. The fourth-order valence-corrected chi connectivity index (χ4v) is 1.71. The topological polar surface area (TPSA) is 59.8 Å². The zero-order valence-corrected chi connectivity index (χ0v) is 10.8. The Morgan fingerprint density at radius 1 is 1.47 bits per heavy atom. The van der Waals surface area contributed by atoms with Gasteiger partial charge >= 0.3 is 0 Å². The summed E-state index contributed by atoms with van der Waals surface area (Å²) in [5.74, 6) is 2.36. The molecule has 0 radical (unpaired) electrons. The number of hydrogen-bond donors (Lipinski definition) is 1. The van der Waals surface area contributed by atoms with Gasteiger partial charge in [0.2, 0.25) is 0 Å². The van der Waals surface area contributed by atoms with Gasteiger partial charge in [0.1, 0.15) is 12.2 Å². The van der Waals surface area contributed by atoms with Gasteiger partial charge < -0.3 is 5.32 Å². The van der Waals surface area contributed by atoms with Gasteiger partial charge in [0, 0.05) is 18.9 Å². The fraction of sp³-hybridized carbons (Fsp3) is 0.154. The van der Waals surface area contributed by atoms with E-state index in [0.29, 0.717) is 6.54 Å². The summed E-state index contributed by atoms with van der Waals surface area (Å²) in [6.45, 7) is 0.556. The van der Waals surface area contributed by atoms with Crippen molar-refractivity contribution in [3.8, 4) is 12.3 Å². The van der Waals surface area contributed by atoms with Crippen LogP contribution < -0.4 is 10.9 Å². The van der Waals surface area contributed by atoms with E-state index in [2.05, 4.69) is 21.3 Å². The average Bonchev–Trinajstić information content (AvgIpc) is 2.43. The highest BCUT2D eigenvalue weighted by molar-refractivity contribution is 6.32. The van der Waals surface area contributed by atoms with E-state index >= 15 is 0 Å². The second-order valence-corrected chi connectivity index (χ2v) is 4.16. The van der Waals surface area contributed by atoms with Crippen LogP contribution in [-0.4, -0.2) is 14.8 Å². The van der Waals surface area contributed by atoms with E-state index in [4.69, 9.17) is 18.0 Å². The fourth-order valence-electron chi connectivity index (χ4n) is 1.52. The van der Waals surface area contributed by atoms with Crippen molar-refractivity contribution in [2.45, 2.75) is 13.1 Å². The third-order valence-electron chi connectivity index (χ3n) is 2.43. The predicted molar refractivity (Wildman–Crippen MR) is 73.9 cm³/mol. The molecule has 0 aliphatic rings. The molecule has 5 nitrogen and oxygen atoms in total. The maximum Gasteiger partial charge on any atom is 0.292 e. The molecule has 0 amide bonds. The molecule has 0 saturated carbocycles. The standard InChI is InChI=1S/C13H11ClN4O/c1-2-6-18-13(19)12(11(14)9-17-18)16-8-10-4-3-5-15-7-10/h1,3-5,7,9,16H,6,8H2. The Morgan fingerprint density at radius 3 is 3.00 bits per heavy atom. The van der Waals surface area contributed by atoms with Crippen molar-refractivity contribution in [2.75, 3.05) is 5.32 Å². The summed E-state index contributed by atoms with van der Waals surface area (Å²) in [7, 11) is 0. The van der Waals surface area contributed by atoms with Crippen LogP contribution in [0.4, 0.5) is 5.69 Å². The van der Waals surface area contributed by atoms with Crippen LogP contribution in [0.25, 0.3) is 0 Å². The van der Waals surface area contributed by atoms with E-state index in [0.717, 1.165) is 5.56 Å². The number of aromatic nitrogens is 3. The molecule has 6 heteroatoms. The molecular formula is C13H11ClN4O. The van der Waals surface area contributed by atoms with Crippen LogP contribution >= 0.6 is 11.6 Å². The third kappa shape index (κ3) is 3.12. The van der Waals surface area contributed by atoms with Gasteiger partial charge in [0.15, 0.2) is 0 Å². The molecular weight excluding hydrogens is 264 g/mol. The largest absolute Gasteiger partial charge is 0.375 e. The summed E-state index contributed by atoms with van der Waals surface area (Å²) >= 11 is 5.96. The van der Waals surface area contributed by atoms with Gasteiger partial charge in [-0.05, 0) is 11.6 Å². The molecule has 1 N–H and O–H groups in total. The molecule has 0 atom stereocenters. The minimum absolute atomic E-state index is 0.109. The lowest BCUT2D eigenvalue weighted by Crippen LogP contribution is -2.25. The molecule has 0 spiro atoms. The first-order valence-electron chi connectivity index (χ1n) is 5.54. The Hall–Kier alpha value is -2.32. The lowest BCUT2D eigenvalue weighted by atomic mass is 10.3. The van der Waals surface area contributed by atoms with Gasteiger partial charge in [-0.3, -0.25) is 9.78 Å². The number of nitrogens with one attached hydrogen (secondary N) is 1. The summed E-state index contributed by atoms with van der Waals surface area (Å²) < 4.78 is 1.18. The van der Waals surface area contributed by atoms with Crippen LogP contribution in [0.1, 0.15) is 5.56 Å². The molecule has 19 heavy (non-hydrogen) atoms. The van der Waals surface area contributed by atoms with E-state index in [-0.39, 0.29) is 22.8 Å². The van der Waals surface area contributed by atoms with Crippen molar-refractivity contribution in [3.05, 3.63) is 51.7 Å². The molecule has 0 aliphatic carbocycles. The quantitative estimate of drug-likeness (QED) is 0.859. The molecule has 0 aromatic carbocycles. The second-order valence-electron chi connectivity index (χ2n) is 3.75. The Bertz CT molecular complexity index is 661. The van der Waals surface area contributed by atoms with Crippen LogP contribution in [0.5, 0.6) is 0 Å². The monoisotopic (exact) mass is 274 g/mol. The van der Waals surface area contributed by atoms with Gasteiger partial charge in [0.25, 0.3) is 5.56 Å². The molecule has 0 saturated heterocycles. The summed E-state index contributed by atoms with van der Waals surface area (Å²) in [6, 6.07) is 3.72. The number of rotatable bonds is 4. The summed E-state index contributed by atoms with van der Waals surface area (Å²) in [6.07, 6.45) is 9.96. The van der Waals surface area contributed by atoms with Crippen molar-refractivity contribution in [3.63, 3.8) is 0 Å². The van der Waals surface area contributed by atoms with Crippen LogP contribution in [-0.2, 0) is 13.1 Å². The van der Waals surface area contributed by atoms with Crippen molar-refractivity contribution < 1.29 is 0 Å². The van der Waals surface area contributed by atoms with E-state index in [1.54, 1.807) is 12.4 Å². The van der Waals surface area contributed by atoms with Gasteiger partial charge in [0.05, 0.1) is 11.2 Å². The lowest BCUT2D eigenvalue weighted by molar-refractivity contribution is 0.664. The van der Waals surface area contributed by atoms with Crippen molar-refractivity contribution in [2.24, 2.45) is 0 Å². The third-order valence-corrected chi connectivity index (χ3v) is 2.72.